The third-order valence-electron chi connectivity index (χ3n) is 3.48. The molecule has 0 spiro atoms. The van der Waals surface area contributed by atoms with Gasteiger partial charge in [-0.05, 0) is 24.3 Å². The summed E-state index contributed by atoms with van der Waals surface area (Å²) in [7, 11) is 0. The van der Waals surface area contributed by atoms with E-state index < -0.39 is 11.8 Å². The van der Waals surface area contributed by atoms with E-state index in [9.17, 15) is 18.3 Å². The molecular formula is C13H13F3N2O. The van der Waals surface area contributed by atoms with Gasteiger partial charge in [-0.1, -0.05) is 0 Å². The number of nitriles is 1. The van der Waals surface area contributed by atoms with Crippen molar-refractivity contribution in [3.63, 3.8) is 0 Å². The molecule has 102 valence electrons. The normalized spacial score (nSPS) is 19.0. The van der Waals surface area contributed by atoms with Crippen LogP contribution < -0.4 is 4.90 Å². The van der Waals surface area contributed by atoms with Crippen LogP contribution in [0, 0.1) is 11.3 Å². The SMILES string of the molecule is N#Cc1ccc(N2CCC(O)(C(F)(F)F)CC2)cc1. The molecule has 6 heteroatoms. The van der Waals surface area contributed by atoms with Crippen molar-refractivity contribution < 1.29 is 18.3 Å². The molecule has 1 saturated heterocycles. The third kappa shape index (κ3) is 2.66. The molecular weight excluding hydrogens is 257 g/mol. The monoisotopic (exact) mass is 270 g/mol. The quantitative estimate of drug-likeness (QED) is 0.852. The first-order valence-electron chi connectivity index (χ1n) is 5.90. The smallest absolute Gasteiger partial charge is 0.380 e. The van der Waals surface area contributed by atoms with Crippen LogP contribution in [0.2, 0.25) is 0 Å². The van der Waals surface area contributed by atoms with E-state index in [0.717, 1.165) is 5.69 Å². The van der Waals surface area contributed by atoms with Gasteiger partial charge in [0.05, 0.1) is 11.6 Å². The van der Waals surface area contributed by atoms with Gasteiger partial charge < -0.3 is 10.0 Å². The van der Waals surface area contributed by atoms with Crippen molar-refractivity contribution in [3.8, 4) is 6.07 Å². The predicted molar refractivity (Wildman–Crippen MR) is 63.6 cm³/mol. The van der Waals surface area contributed by atoms with Crippen LogP contribution in [-0.2, 0) is 0 Å². The Morgan fingerprint density at radius 3 is 2.11 bits per heavy atom. The van der Waals surface area contributed by atoms with Crippen molar-refractivity contribution in [2.75, 3.05) is 18.0 Å². The second kappa shape index (κ2) is 4.74. The molecule has 0 amide bonds. The number of halogens is 3. The summed E-state index contributed by atoms with van der Waals surface area (Å²) in [5.74, 6) is 0. The Kier molecular flexibility index (Phi) is 3.42. The van der Waals surface area contributed by atoms with Gasteiger partial charge in [-0.2, -0.15) is 18.4 Å². The average molecular weight is 270 g/mol. The van der Waals surface area contributed by atoms with E-state index >= 15 is 0 Å². The third-order valence-corrected chi connectivity index (χ3v) is 3.48. The molecule has 1 aliphatic heterocycles. The molecule has 1 aromatic rings. The van der Waals surface area contributed by atoms with Crippen LogP contribution in [0.1, 0.15) is 18.4 Å². The summed E-state index contributed by atoms with van der Waals surface area (Å²) in [5, 5.41) is 18.2. The summed E-state index contributed by atoms with van der Waals surface area (Å²) >= 11 is 0. The van der Waals surface area contributed by atoms with E-state index in [0.29, 0.717) is 5.56 Å². The topological polar surface area (TPSA) is 47.3 Å². The molecule has 0 atom stereocenters. The Balaban J connectivity index is 2.06. The number of anilines is 1. The molecule has 0 aliphatic carbocycles. The van der Waals surface area contributed by atoms with E-state index in [2.05, 4.69) is 0 Å². The number of nitrogens with zero attached hydrogens (tertiary/aromatic N) is 2. The van der Waals surface area contributed by atoms with E-state index in [1.165, 1.54) is 0 Å². The van der Waals surface area contributed by atoms with Gasteiger partial charge >= 0.3 is 6.18 Å². The van der Waals surface area contributed by atoms with Crippen LogP contribution in [0.4, 0.5) is 18.9 Å². The van der Waals surface area contributed by atoms with Crippen molar-refractivity contribution in [2.45, 2.75) is 24.6 Å². The Morgan fingerprint density at radius 2 is 1.68 bits per heavy atom. The van der Waals surface area contributed by atoms with Gasteiger partial charge in [0.2, 0.25) is 0 Å². The number of aliphatic hydroxyl groups is 1. The van der Waals surface area contributed by atoms with Gasteiger partial charge in [-0.25, -0.2) is 0 Å². The minimum absolute atomic E-state index is 0.141. The summed E-state index contributed by atoms with van der Waals surface area (Å²) in [5.41, 5.74) is -1.30. The van der Waals surface area contributed by atoms with E-state index in [-0.39, 0.29) is 25.9 Å². The predicted octanol–water partition coefficient (Wildman–Crippen LogP) is 2.45. The number of hydrogen-bond donors (Lipinski definition) is 1. The van der Waals surface area contributed by atoms with E-state index in [4.69, 9.17) is 5.26 Å². The molecule has 3 nitrogen and oxygen atoms in total. The molecule has 1 aliphatic rings. The number of piperidine rings is 1. The van der Waals surface area contributed by atoms with Crippen LogP contribution >= 0.6 is 0 Å². The number of benzene rings is 1. The Labute approximate surface area is 108 Å². The van der Waals surface area contributed by atoms with Crippen molar-refractivity contribution in [2.24, 2.45) is 0 Å². The molecule has 19 heavy (non-hydrogen) atoms. The maximum absolute atomic E-state index is 12.6. The zero-order valence-electron chi connectivity index (χ0n) is 10.1. The van der Waals surface area contributed by atoms with Gasteiger partial charge in [0, 0.05) is 31.6 Å². The Morgan fingerprint density at radius 1 is 1.16 bits per heavy atom. The van der Waals surface area contributed by atoms with Gasteiger partial charge in [-0.15, -0.1) is 0 Å². The minimum Gasteiger partial charge on any atom is -0.380 e. The standard InChI is InChI=1S/C13H13F3N2O/c14-13(15,16)12(19)5-7-18(8-6-12)11-3-1-10(9-17)2-4-11/h1-4,19H,5-8H2. The number of rotatable bonds is 1. The minimum atomic E-state index is -4.58. The van der Waals surface area contributed by atoms with E-state index in [1.54, 1.807) is 29.2 Å². The van der Waals surface area contributed by atoms with Crippen LogP contribution in [-0.4, -0.2) is 30.0 Å². The second-order valence-corrected chi connectivity index (χ2v) is 4.68. The maximum atomic E-state index is 12.6. The van der Waals surface area contributed by atoms with Gasteiger partial charge in [0.1, 0.15) is 0 Å². The van der Waals surface area contributed by atoms with Crippen LogP contribution in [0.3, 0.4) is 0 Å². The maximum Gasteiger partial charge on any atom is 0.417 e. The molecule has 0 bridgehead atoms. The summed E-state index contributed by atoms with van der Waals surface area (Å²) in [6.07, 6.45) is -5.25. The highest BCUT2D eigenvalue weighted by Gasteiger charge is 2.54. The van der Waals surface area contributed by atoms with Crippen LogP contribution in [0.15, 0.2) is 24.3 Å². The summed E-state index contributed by atoms with van der Waals surface area (Å²) < 4.78 is 37.9. The van der Waals surface area contributed by atoms with Crippen molar-refractivity contribution >= 4 is 5.69 Å². The summed E-state index contributed by atoms with van der Waals surface area (Å²) in [6.45, 7) is 0.282. The Hall–Kier alpha value is -1.74. The zero-order valence-corrected chi connectivity index (χ0v) is 10.1. The lowest BCUT2D eigenvalue weighted by atomic mass is 9.90. The fraction of sp³-hybridized carbons (Fsp3) is 0.462. The molecule has 0 saturated carbocycles. The van der Waals surface area contributed by atoms with Crippen molar-refractivity contribution in [1.29, 1.82) is 5.26 Å². The molecule has 1 fully saturated rings. The van der Waals surface area contributed by atoms with Gasteiger partial charge in [-0.3, -0.25) is 0 Å². The fourth-order valence-electron chi connectivity index (χ4n) is 2.17. The first-order chi connectivity index (χ1) is 8.86. The van der Waals surface area contributed by atoms with Crippen molar-refractivity contribution in [1.82, 2.24) is 0 Å². The highest BCUT2D eigenvalue weighted by Crippen LogP contribution is 2.39. The zero-order chi connectivity index (χ0) is 14.1. The lowest BCUT2D eigenvalue weighted by molar-refractivity contribution is -0.266. The highest BCUT2D eigenvalue weighted by atomic mass is 19.4. The van der Waals surface area contributed by atoms with Gasteiger partial charge in [0.15, 0.2) is 5.60 Å². The molecule has 0 radical (unpaired) electrons. The lowest BCUT2D eigenvalue weighted by Crippen LogP contribution is -2.53. The first-order valence-corrected chi connectivity index (χ1v) is 5.90. The van der Waals surface area contributed by atoms with Crippen LogP contribution in [0.25, 0.3) is 0 Å². The fourth-order valence-corrected chi connectivity index (χ4v) is 2.17. The lowest BCUT2D eigenvalue weighted by Gasteiger charge is -2.40. The summed E-state index contributed by atoms with van der Waals surface area (Å²) in [4.78, 5) is 1.78. The molecule has 0 aromatic heterocycles. The molecule has 1 aromatic carbocycles. The average Bonchev–Trinajstić information content (AvgIpc) is 2.39. The molecule has 0 unspecified atom stereocenters. The summed E-state index contributed by atoms with van der Waals surface area (Å²) in [6, 6.07) is 8.64. The van der Waals surface area contributed by atoms with Crippen LogP contribution in [0.5, 0.6) is 0 Å². The van der Waals surface area contributed by atoms with Gasteiger partial charge in [0.25, 0.3) is 0 Å². The number of hydrogen-bond acceptors (Lipinski definition) is 3. The second-order valence-electron chi connectivity index (χ2n) is 4.68. The largest absolute Gasteiger partial charge is 0.417 e. The van der Waals surface area contributed by atoms with Crippen molar-refractivity contribution in [3.05, 3.63) is 29.8 Å². The Bertz CT molecular complexity index is 482. The molecule has 1 heterocycles. The van der Waals surface area contributed by atoms with E-state index in [1.807, 2.05) is 6.07 Å². The first kappa shape index (κ1) is 13.7. The molecule has 2 rings (SSSR count). The number of alkyl halides is 3. The highest BCUT2D eigenvalue weighted by molar-refractivity contribution is 5.50. The molecule has 1 N–H and O–H groups in total.